The summed E-state index contributed by atoms with van der Waals surface area (Å²) in [6.07, 6.45) is 3.78. The maximum Gasteiger partial charge on any atom is 0.251 e. The fourth-order valence-corrected chi connectivity index (χ4v) is 3.09. The quantitative estimate of drug-likeness (QED) is 0.800. The van der Waals surface area contributed by atoms with Gasteiger partial charge in [-0.1, -0.05) is 24.3 Å². The van der Waals surface area contributed by atoms with Gasteiger partial charge in [-0.15, -0.1) is 0 Å². The second kappa shape index (κ2) is 4.73. The fraction of sp³-hybridized carbons (Fsp3) is 0.533. The Bertz CT molecular complexity index is 452. The zero-order valence-electron chi connectivity index (χ0n) is 10.8. The Kier molecular flexibility index (Phi) is 3.08. The maximum atomic E-state index is 12.3. The fourth-order valence-electron chi connectivity index (χ4n) is 3.09. The average Bonchev–Trinajstić information content (AvgIpc) is 3.06. The van der Waals surface area contributed by atoms with E-state index < -0.39 is 0 Å². The molecular weight excluding hydrogens is 226 g/mol. The topological polar surface area (TPSA) is 29.5 Å². The first-order valence-electron chi connectivity index (χ1n) is 6.73. The molecule has 3 rings (SSSR count). The molecule has 1 aliphatic heterocycles. The smallest absolute Gasteiger partial charge is 0.251 e. The maximum absolute atomic E-state index is 12.3. The van der Waals surface area contributed by atoms with Crippen LogP contribution in [0.25, 0.3) is 0 Å². The van der Waals surface area contributed by atoms with Gasteiger partial charge in [-0.05, 0) is 36.8 Å². The van der Waals surface area contributed by atoms with E-state index in [2.05, 4.69) is 24.3 Å². The van der Waals surface area contributed by atoms with Gasteiger partial charge in [-0.2, -0.15) is 0 Å². The summed E-state index contributed by atoms with van der Waals surface area (Å²) < 4.78 is 5.49. The predicted molar refractivity (Wildman–Crippen MR) is 69.2 cm³/mol. The zero-order valence-corrected chi connectivity index (χ0v) is 10.8. The van der Waals surface area contributed by atoms with Crippen molar-refractivity contribution in [1.29, 1.82) is 0 Å². The van der Waals surface area contributed by atoms with E-state index in [-0.39, 0.29) is 18.1 Å². The highest BCUT2D eigenvalue weighted by Gasteiger charge is 2.33. The van der Waals surface area contributed by atoms with Gasteiger partial charge in [0, 0.05) is 13.7 Å². The molecule has 3 nitrogen and oxygen atoms in total. The Labute approximate surface area is 108 Å². The third-order valence-electron chi connectivity index (χ3n) is 4.12. The number of hydrogen-bond donors (Lipinski definition) is 0. The van der Waals surface area contributed by atoms with Crippen LogP contribution < -0.4 is 0 Å². The first-order valence-corrected chi connectivity index (χ1v) is 6.73. The van der Waals surface area contributed by atoms with Crippen LogP contribution in [0.5, 0.6) is 0 Å². The number of fused-ring (bicyclic) bond motifs is 1. The Morgan fingerprint density at radius 2 is 2.17 bits per heavy atom. The van der Waals surface area contributed by atoms with Gasteiger partial charge in [0.2, 0.25) is 0 Å². The van der Waals surface area contributed by atoms with E-state index in [0.29, 0.717) is 0 Å². The Hall–Kier alpha value is -1.35. The monoisotopic (exact) mass is 245 g/mol. The molecule has 0 bridgehead atoms. The van der Waals surface area contributed by atoms with Crippen molar-refractivity contribution in [2.45, 2.75) is 37.8 Å². The Balaban J connectivity index is 1.77. The third kappa shape index (κ3) is 1.93. The van der Waals surface area contributed by atoms with Gasteiger partial charge in [-0.25, -0.2) is 0 Å². The standard InChI is InChI=1S/C15H19NO2/c1-16(15(17)14-7-4-10-18-14)13-9-8-11-5-2-3-6-12(11)13/h2-3,5-6,13-14H,4,7-10H2,1H3. The average molecular weight is 245 g/mol. The van der Waals surface area contributed by atoms with Crippen LogP contribution >= 0.6 is 0 Å². The molecule has 0 saturated carbocycles. The highest BCUT2D eigenvalue weighted by Crippen LogP contribution is 2.35. The second-order valence-corrected chi connectivity index (χ2v) is 5.20. The molecule has 1 saturated heterocycles. The molecule has 3 heteroatoms. The second-order valence-electron chi connectivity index (χ2n) is 5.20. The van der Waals surface area contributed by atoms with Gasteiger partial charge < -0.3 is 9.64 Å². The van der Waals surface area contributed by atoms with Crippen molar-refractivity contribution in [3.8, 4) is 0 Å². The number of nitrogens with zero attached hydrogens (tertiary/aromatic N) is 1. The number of hydrogen-bond acceptors (Lipinski definition) is 2. The van der Waals surface area contributed by atoms with Crippen molar-refractivity contribution in [3.63, 3.8) is 0 Å². The van der Waals surface area contributed by atoms with Crippen LogP contribution in [0.4, 0.5) is 0 Å². The molecule has 0 radical (unpaired) electrons. The van der Waals surface area contributed by atoms with Crippen molar-refractivity contribution in [2.24, 2.45) is 0 Å². The Morgan fingerprint density at radius 3 is 2.94 bits per heavy atom. The normalized spacial score (nSPS) is 26.1. The minimum absolute atomic E-state index is 0.147. The van der Waals surface area contributed by atoms with Crippen molar-refractivity contribution in [3.05, 3.63) is 35.4 Å². The van der Waals surface area contributed by atoms with Crippen molar-refractivity contribution >= 4 is 5.91 Å². The molecule has 1 aromatic rings. The summed E-state index contributed by atoms with van der Waals surface area (Å²) in [6, 6.07) is 8.68. The molecule has 1 aromatic carbocycles. The van der Waals surface area contributed by atoms with E-state index in [0.717, 1.165) is 32.3 Å². The van der Waals surface area contributed by atoms with Crippen LogP contribution in [0.1, 0.15) is 36.4 Å². The zero-order chi connectivity index (χ0) is 12.5. The van der Waals surface area contributed by atoms with E-state index in [1.54, 1.807) is 0 Å². The Morgan fingerprint density at radius 1 is 1.33 bits per heavy atom. The van der Waals surface area contributed by atoms with Crippen LogP contribution in [-0.4, -0.2) is 30.6 Å². The highest BCUT2D eigenvalue weighted by atomic mass is 16.5. The first-order chi connectivity index (χ1) is 8.77. The summed E-state index contributed by atoms with van der Waals surface area (Å²) in [4.78, 5) is 14.2. The molecule has 1 amide bonds. The lowest BCUT2D eigenvalue weighted by Crippen LogP contribution is -2.37. The number of carbonyl (C=O) groups is 1. The van der Waals surface area contributed by atoms with Gasteiger partial charge >= 0.3 is 0 Å². The van der Waals surface area contributed by atoms with E-state index in [4.69, 9.17) is 4.74 Å². The van der Waals surface area contributed by atoms with Crippen molar-refractivity contribution < 1.29 is 9.53 Å². The van der Waals surface area contributed by atoms with Crippen LogP contribution in [0.3, 0.4) is 0 Å². The lowest BCUT2D eigenvalue weighted by Gasteiger charge is -2.27. The molecule has 2 unspecified atom stereocenters. The highest BCUT2D eigenvalue weighted by molar-refractivity contribution is 5.81. The van der Waals surface area contributed by atoms with E-state index >= 15 is 0 Å². The summed E-state index contributed by atoms with van der Waals surface area (Å²) in [5.74, 6) is 0.147. The van der Waals surface area contributed by atoms with E-state index in [1.807, 2.05) is 11.9 Å². The number of ether oxygens (including phenoxy) is 1. The van der Waals surface area contributed by atoms with Crippen molar-refractivity contribution in [2.75, 3.05) is 13.7 Å². The van der Waals surface area contributed by atoms with Gasteiger partial charge in [0.1, 0.15) is 6.10 Å². The molecule has 1 heterocycles. The van der Waals surface area contributed by atoms with Crippen LogP contribution in [0.2, 0.25) is 0 Å². The van der Waals surface area contributed by atoms with Gasteiger partial charge in [0.15, 0.2) is 0 Å². The van der Waals surface area contributed by atoms with Gasteiger partial charge in [-0.3, -0.25) is 4.79 Å². The lowest BCUT2D eigenvalue weighted by atomic mass is 10.1. The minimum Gasteiger partial charge on any atom is -0.368 e. The SMILES string of the molecule is CN(C(=O)C1CCCO1)C1CCc2ccccc21. The molecule has 1 fully saturated rings. The number of carbonyl (C=O) groups excluding carboxylic acids is 1. The summed E-state index contributed by atoms with van der Waals surface area (Å²) in [5.41, 5.74) is 2.70. The molecule has 2 atom stereocenters. The summed E-state index contributed by atoms with van der Waals surface area (Å²) in [7, 11) is 1.91. The summed E-state index contributed by atoms with van der Waals surface area (Å²) in [5, 5.41) is 0. The lowest BCUT2D eigenvalue weighted by molar-refractivity contribution is -0.141. The minimum atomic E-state index is -0.206. The summed E-state index contributed by atoms with van der Waals surface area (Å²) >= 11 is 0. The van der Waals surface area contributed by atoms with Crippen LogP contribution in [0, 0.1) is 0 Å². The van der Waals surface area contributed by atoms with Gasteiger partial charge in [0.05, 0.1) is 6.04 Å². The third-order valence-corrected chi connectivity index (χ3v) is 4.12. The molecule has 0 aromatic heterocycles. The predicted octanol–water partition coefficient (Wildman–Crippen LogP) is 2.31. The molecule has 2 aliphatic rings. The first kappa shape index (κ1) is 11.7. The number of rotatable bonds is 2. The van der Waals surface area contributed by atoms with Crippen LogP contribution in [0.15, 0.2) is 24.3 Å². The largest absolute Gasteiger partial charge is 0.368 e. The molecule has 0 N–H and O–H groups in total. The number of amides is 1. The van der Waals surface area contributed by atoms with Crippen LogP contribution in [-0.2, 0) is 16.0 Å². The number of benzene rings is 1. The molecule has 96 valence electrons. The van der Waals surface area contributed by atoms with E-state index in [1.165, 1.54) is 11.1 Å². The molecule has 0 spiro atoms. The summed E-state index contributed by atoms with van der Waals surface area (Å²) in [6.45, 7) is 0.728. The van der Waals surface area contributed by atoms with E-state index in [9.17, 15) is 4.79 Å². The number of likely N-dealkylation sites (N-methyl/N-ethyl adjacent to an activating group) is 1. The molecule has 1 aliphatic carbocycles. The number of aryl methyl sites for hydroxylation is 1. The van der Waals surface area contributed by atoms with Gasteiger partial charge in [0.25, 0.3) is 5.91 Å². The van der Waals surface area contributed by atoms with Crippen molar-refractivity contribution in [1.82, 2.24) is 4.90 Å². The molecule has 18 heavy (non-hydrogen) atoms. The molecular formula is C15H19NO2.